The number of fused-ring (bicyclic) bond motifs is 5. The van der Waals surface area contributed by atoms with Crippen molar-refractivity contribution in [3.8, 4) is 16.9 Å². The standard InChI is InChI=1S/C96H138N10O22S/c1-9-57(4)46-58(5)23-15-12-10-11-13-18-26-67(110)49-65-51-81(116)88(98-41-42-100-96(127)128-55-74-71-29-21-19-27-69(71)70-28-20-22-30-72(70)74)104-93(124)85-78(113)37-43-105(85)95(126)84(103-92(123)73(87(119)86(118)62-31-33-66(109)34-32-62)53-80(115)76-52-68(111)54-106(76)94(125)83(60(7)108)102-91(65)122)77(112)35-39-97-82(117)36-40-99-89(120)64(48-61-24-16-14-17-25-61)50-79(114)75(45-56(2)3)101-90(121)63(38-44-129-8)47-59(6)107/h14,16-17,19-22,24-25,27-34,56-58,60,63-65,68,73-78,81,83-88,98,108-109,111-113,116,118-119H,9-13,15,18,23,26,35-55H2,1-8H3,(H,97,117)(H,99,120)(H,100,127)(H,101,121)(H,102,122)(H,103,123)(H,104,124)/t57-,58+,60+,63+,64+,65-,68+,73-,75-,76-,77+,78-,81+,83-,84-,85-,86-,87-,88-/m0/s1. The van der Waals surface area contributed by atoms with Crippen molar-refractivity contribution < 1.29 is 108 Å². The van der Waals surface area contributed by atoms with E-state index in [-0.39, 0.29) is 93.7 Å². The number of carbonyl (C=O) groups is 13. The molecule has 0 unspecified atom stereocenters. The third-order valence-electron chi connectivity index (χ3n) is 25.2. The first-order chi connectivity index (χ1) is 61.6. The van der Waals surface area contributed by atoms with E-state index in [1.807, 2.05) is 68.6 Å². The van der Waals surface area contributed by atoms with E-state index in [4.69, 9.17) is 4.74 Å². The molecule has 0 radical (unpaired) electrons. The van der Waals surface area contributed by atoms with Gasteiger partial charge in [0.2, 0.25) is 47.3 Å². The Hall–Kier alpha value is -9.58. The predicted octanol–water partition coefficient (Wildman–Crippen LogP) is 5.81. The first-order valence-corrected chi connectivity index (χ1v) is 47.3. The lowest BCUT2D eigenvalue weighted by molar-refractivity contribution is -0.149. The highest BCUT2D eigenvalue weighted by molar-refractivity contribution is 7.98. The van der Waals surface area contributed by atoms with E-state index < -0.39 is 232 Å². The maximum Gasteiger partial charge on any atom is 0.407 e. The lowest BCUT2D eigenvalue weighted by Gasteiger charge is -2.35. The number of benzene rings is 4. The van der Waals surface area contributed by atoms with E-state index in [9.17, 15) is 74.4 Å². The summed E-state index contributed by atoms with van der Waals surface area (Å²) in [6.07, 6.45) is -9.50. The van der Waals surface area contributed by atoms with Gasteiger partial charge in [0, 0.05) is 108 Å². The van der Waals surface area contributed by atoms with Crippen LogP contribution in [0.2, 0.25) is 0 Å². The highest BCUT2D eigenvalue weighted by atomic mass is 32.2. The Kier molecular flexibility index (Phi) is 42.6. The quantitative estimate of drug-likeness (QED) is 0.0232. The predicted molar refractivity (Wildman–Crippen MR) is 485 cm³/mol. The van der Waals surface area contributed by atoms with Gasteiger partial charge in [0.1, 0.15) is 54.3 Å². The highest BCUT2D eigenvalue weighted by Crippen LogP contribution is 2.45. The van der Waals surface area contributed by atoms with Crippen molar-refractivity contribution in [3.05, 3.63) is 125 Å². The zero-order valence-electron chi connectivity index (χ0n) is 75.7. The van der Waals surface area contributed by atoms with Gasteiger partial charge in [-0.3, -0.25) is 58.1 Å². The molecule has 129 heavy (non-hydrogen) atoms. The molecule has 8 rings (SSSR count). The first kappa shape index (κ1) is 105. The number of hydrogen-bond donors (Lipinski definition) is 16. The molecule has 4 aromatic rings. The molecule has 3 fully saturated rings. The van der Waals surface area contributed by atoms with E-state index in [1.54, 1.807) is 30.3 Å². The van der Waals surface area contributed by atoms with Crippen molar-refractivity contribution in [1.82, 2.24) is 52.3 Å². The van der Waals surface area contributed by atoms with Gasteiger partial charge in [0.05, 0.1) is 54.6 Å². The van der Waals surface area contributed by atoms with Gasteiger partial charge < -0.3 is 97.4 Å². The number of aliphatic hydroxyl groups excluding tert-OH is 7. The molecule has 1 aliphatic carbocycles. The van der Waals surface area contributed by atoms with Crippen LogP contribution in [0.5, 0.6) is 5.75 Å². The summed E-state index contributed by atoms with van der Waals surface area (Å²) in [6.45, 7) is 10.6. The minimum Gasteiger partial charge on any atom is -0.508 e. The number of carbonyl (C=O) groups excluding carboxylic acids is 13. The maximum absolute atomic E-state index is 15.7. The largest absolute Gasteiger partial charge is 0.508 e. The summed E-state index contributed by atoms with van der Waals surface area (Å²) in [4.78, 5) is 190. The molecule has 4 aliphatic rings. The summed E-state index contributed by atoms with van der Waals surface area (Å²) in [5.74, 6) is -14.1. The van der Waals surface area contributed by atoms with Gasteiger partial charge in [-0.25, -0.2) is 4.79 Å². The second kappa shape index (κ2) is 52.5. The number of ether oxygens (including phenoxy) is 1. The zero-order valence-corrected chi connectivity index (χ0v) is 76.6. The monoisotopic (exact) mass is 1810 g/mol. The van der Waals surface area contributed by atoms with Gasteiger partial charge in [-0.05, 0) is 140 Å². The SMILES string of the molecule is CC[C@H](C)C[C@H](C)CCCCCCCCC(=O)C[C@H]1C[C@@H](O)[C@@H](NCCNC(=O)OCC2c3ccccc3-c3ccccc32)NC(=O)[C@@H]2[C@@H](O)CCN2C(=O)[C@H]([C@H](O)CCNC(=O)CCNC(=O)[C@@H](CC(=O)[C@H](CC(C)C)NC(=O)[C@H](CCSC)CC(C)=O)Cc2ccccc2)NC(=O)[C@H]([C@H](O)[C@@H](O)c2ccc(O)cc2)CC(=O)[C@@H]2C[C@@H](O)CN2C(=O)[C@H]([C@@H](C)O)NC1=O. The summed E-state index contributed by atoms with van der Waals surface area (Å²) in [5, 5.41) is 116. The summed E-state index contributed by atoms with van der Waals surface area (Å²) in [7, 11) is 0. The van der Waals surface area contributed by atoms with Crippen molar-refractivity contribution in [2.75, 3.05) is 57.9 Å². The molecular formula is C96H138N10O22S. The minimum atomic E-state index is -2.33. The van der Waals surface area contributed by atoms with Gasteiger partial charge in [0.25, 0.3) is 0 Å². The van der Waals surface area contributed by atoms with Crippen LogP contribution in [0.25, 0.3) is 11.1 Å². The number of ketones is 4. The second-order valence-corrected chi connectivity index (χ2v) is 37.1. The number of aliphatic hydroxyl groups is 7. The first-order valence-electron chi connectivity index (χ1n) is 45.9. The van der Waals surface area contributed by atoms with Crippen molar-refractivity contribution in [2.24, 2.45) is 41.4 Å². The normalized spacial score (nSPS) is 22.8. The molecule has 9 amide bonds. The Morgan fingerprint density at radius 3 is 1.91 bits per heavy atom. The fourth-order valence-electron chi connectivity index (χ4n) is 17.8. The number of alkyl carbamates (subject to hydrolysis) is 1. The van der Waals surface area contributed by atoms with E-state index in [2.05, 4.69) is 63.3 Å². The van der Waals surface area contributed by atoms with Crippen LogP contribution in [0.1, 0.15) is 218 Å². The summed E-state index contributed by atoms with van der Waals surface area (Å²) < 4.78 is 5.78. The van der Waals surface area contributed by atoms with Gasteiger partial charge in [-0.1, -0.05) is 171 Å². The molecule has 0 aromatic heterocycles. The second-order valence-electron chi connectivity index (χ2n) is 36.1. The average molecular weight is 1820 g/mol. The molecule has 16 N–H and O–H groups in total. The van der Waals surface area contributed by atoms with Crippen molar-refractivity contribution in [2.45, 2.75) is 275 Å². The van der Waals surface area contributed by atoms with Gasteiger partial charge in [-0.2, -0.15) is 11.8 Å². The average Bonchev–Trinajstić information content (AvgIpc) is 1.61. The molecular weight excluding hydrogens is 1680 g/mol. The van der Waals surface area contributed by atoms with Crippen molar-refractivity contribution in [1.29, 1.82) is 0 Å². The van der Waals surface area contributed by atoms with Crippen LogP contribution in [-0.2, 0) is 68.7 Å². The smallest absolute Gasteiger partial charge is 0.407 e. The molecule has 0 saturated carbocycles. The number of Topliss-reactive ketones (excluding diaryl/α,β-unsaturated/α-hetero) is 4. The van der Waals surface area contributed by atoms with Crippen molar-refractivity contribution >= 4 is 88.2 Å². The van der Waals surface area contributed by atoms with Gasteiger partial charge in [0.15, 0.2) is 11.6 Å². The van der Waals surface area contributed by atoms with Gasteiger partial charge in [-0.15, -0.1) is 0 Å². The van der Waals surface area contributed by atoms with Crippen LogP contribution in [0.4, 0.5) is 4.79 Å². The number of thioether (sulfide) groups is 1. The summed E-state index contributed by atoms with van der Waals surface area (Å²) in [6, 6.07) is 20.2. The topological polar surface area (TPSA) is 496 Å². The third kappa shape index (κ3) is 31.9. The van der Waals surface area contributed by atoms with Crippen molar-refractivity contribution in [3.63, 3.8) is 0 Å². The fraction of sp³-hybridized carbons (Fsp3) is 0.615. The van der Waals surface area contributed by atoms with Crippen LogP contribution in [-0.4, -0.2) is 258 Å². The molecule has 3 saturated heterocycles. The number of phenolic OH excluding ortho intramolecular Hbond substituents is 1. The Balaban J connectivity index is 1.07. The van der Waals surface area contributed by atoms with Crippen LogP contribution in [0.3, 0.4) is 0 Å². The number of unbranched alkanes of at least 4 members (excludes halogenated alkanes) is 5. The number of nitrogens with zero attached hydrogens (tertiary/aromatic N) is 2. The number of amides is 9. The molecule has 0 bridgehead atoms. The summed E-state index contributed by atoms with van der Waals surface area (Å²) in [5.41, 5.74) is 4.50. The molecule has 3 heterocycles. The highest BCUT2D eigenvalue weighted by Gasteiger charge is 2.50. The van der Waals surface area contributed by atoms with E-state index in [0.717, 1.165) is 96.1 Å². The number of nitrogens with one attached hydrogen (secondary N) is 8. The lowest BCUT2D eigenvalue weighted by Crippen LogP contribution is -2.63. The molecule has 3 aliphatic heterocycles. The molecule has 710 valence electrons. The number of phenols is 1. The van der Waals surface area contributed by atoms with Crippen LogP contribution >= 0.6 is 11.8 Å². The molecule has 4 aromatic carbocycles. The molecule has 33 heteroatoms. The van der Waals surface area contributed by atoms with Gasteiger partial charge >= 0.3 is 6.09 Å². The number of aromatic hydroxyl groups is 1. The van der Waals surface area contributed by atoms with Crippen LogP contribution in [0.15, 0.2) is 103 Å². The summed E-state index contributed by atoms with van der Waals surface area (Å²) >= 11 is 1.51. The maximum atomic E-state index is 15.7. The molecule has 19 atom stereocenters. The third-order valence-corrected chi connectivity index (χ3v) is 25.8. The Morgan fingerprint density at radius 1 is 0.620 bits per heavy atom. The zero-order chi connectivity index (χ0) is 94.1. The fourth-order valence-corrected chi connectivity index (χ4v) is 18.3. The number of hydrogen-bond acceptors (Lipinski definition) is 24. The Morgan fingerprint density at radius 2 is 1.26 bits per heavy atom. The lowest BCUT2D eigenvalue weighted by atomic mass is 9.86. The number of rotatable bonds is 46. The Labute approximate surface area is 760 Å². The van der Waals surface area contributed by atoms with E-state index in [0.29, 0.717) is 42.4 Å². The van der Waals surface area contributed by atoms with E-state index in [1.165, 1.54) is 30.8 Å². The van der Waals surface area contributed by atoms with Crippen LogP contribution < -0.4 is 42.5 Å². The minimum absolute atomic E-state index is 0.00584. The van der Waals surface area contributed by atoms with E-state index >= 15 is 28.8 Å². The Bertz CT molecular complexity index is 4330. The van der Waals surface area contributed by atoms with Crippen LogP contribution in [0, 0.1) is 41.4 Å². The molecule has 0 spiro atoms. The molecule has 32 nitrogen and oxygen atoms in total.